The third-order valence-electron chi connectivity index (χ3n) is 2.70. The first kappa shape index (κ1) is 12.0. The normalized spacial score (nSPS) is 16.1. The third-order valence-corrected chi connectivity index (χ3v) is 2.70. The summed E-state index contributed by atoms with van der Waals surface area (Å²) in [6.45, 7) is 8.17. The predicted molar refractivity (Wildman–Crippen MR) is 60.6 cm³/mol. The lowest BCUT2D eigenvalue weighted by molar-refractivity contribution is 0.127. The highest BCUT2D eigenvalue weighted by molar-refractivity contribution is 4.71. The first-order chi connectivity index (χ1) is 6.93. The van der Waals surface area contributed by atoms with E-state index in [4.69, 9.17) is 4.74 Å². The van der Waals surface area contributed by atoms with Gasteiger partial charge in [-0.1, -0.05) is 26.2 Å². The van der Waals surface area contributed by atoms with Gasteiger partial charge in [-0.05, 0) is 25.8 Å². The van der Waals surface area contributed by atoms with E-state index in [1.807, 2.05) is 0 Å². The Morgan fingerprint density at radius 2 is 1.64 bits per heavy atom. The zero-order valence-corrected chi connectivity index (χ0v) is 9.63. The molecular weight excluding hydrogens is 174 g/mol. The van der Waals surface area contributed by atoms with E-state index < -0.39 is 0 Å². The number of rotatable bonds is 10. The average Bonchev–Trinajstić information content (AvgIpc) is 2.99. The standard InChI is InChI=1S/C12H25NO/c1-2-3-11-14-12-7-5-4-6-8-13-9-10-13/h2-12H2,1H3. The van der Waals surface area contributed by atoms with E-state index in [1.165, 1.54) is 58.2 Å². The molecule has 0 atom stereocenters. The molecule has 14 heavy (non-hydrogen) atoms. The van der Waals surface area contributed by atoms with Crippen LogP contribution in [-0.4, -0.2) is 37.7 Å². The molecule has 0 unspecified atom stereocenters. The van der Waals surface area contributed by atoms with Crippen LogP contribution in [0.25, 0.3) is 0 Å². The Balaban J connectivity index is 1.63. The van der Waals surface area contributed by atoms with Crippen molar-refractivity contribution >= 4 is 0 Å². The predicted octanol–water partition coefficient (Wildman–Crippen LogP) is 2.68. The van der Waals surface area contributed by atoms with Crippen LogP contribution in [0.2, 0.25) is 0 Å². The summed E-state index contributed by atoms with van der Waals surface area (Å²) in [4.78, 5) is 2.50. The van der Waals surface area contributed by atoms with Crippen molar-refractivity contribution in [3.05, 3.63) is 0 Å². The highest BCUT2D eigenvalue weighted by Gasteiger charge is 2.14. The van der Waals surface area contributed by atoms with Gasteiger partial charge in [0, 0.05) is 26.3 Å². The molecule has 1 fully saturated rings. The number of hydrogen-bond acceptors (Lipinski definition) is 2. The molecule has 0 aromatic heterocycles. The molecule has 1 heterocycles. The second-order valence-corrected chi connectivity index (χ2v) is 4.22. The first-order valence-corrected chi connectivity index (χ1v) is 6.23. The van der Waals surface area contributed by atoms with Crippen LogP contribution in [0, 0.1) is 0 Å². The first-order valence-electron chi connectivity index (χ1n) is 6.23. The van der Waals surface area contributed by atoms with Crippen LogP contribution in [0.3, 0.4) is 0 Å². The zero-order valence-electron chi connectivity index (χ0n) is 9.63. The van der Waals surface area contributed by atoms with Crippen LogP contribution in [-0.2, 0) is 4.74 Å². The van der Waals surface area contributed by atoms with Crippen molar-refractivity contribution in [3.8, 4) is 0 Å². The van der Waals surface area contributed by atoms with Gasteiger partial charge in [-0.25, -0.2) is 0 Å². The molecule has 1 rings (SSSR count). The van der Waals surface area contributed by atoms with E-state index in [1.54, 1.807) is 0 Å². The van der Waals surface area contributed by atoms with E-state index in [0.717, 1.165) is 13.2 Å². The lowest BCUT2D eigenvalue weighted by Gasteiger charge is -2.03. The average molecular weight is 199 g/mol. The fraction of sp³-hybridized carbons (Fsp3) is 1.00. The molecule has 0 spiro atoms. The number of hydrogen-bond donors (Lipinski definition) is 0. The van der Waals surface area contributed by atoms with Crippen LogP contribution in [0.4, 0.5) is 0 Å². The Morgan fingerprint density at radius 1 is 0.929 bits per heavy atom. The molecule has 0 aromatic carbocycles. The summed E-state index contributed by atoms with van der Waals surface area (Å²) < 4.78 is 5.50. The van der Waals surface area contributed by atoms with Crippen molar-refractivity contribution in [1.29, 1.82) is 0 Å². The fourth-order valence-electron chi connectivity index (χ4n) is 1.54. The van der Waals surface area contributed by atoms with E-state index in [2.05, 4.69) is 11.8 Å². The van der Waals surface area contributed by atoms with Gasteiger partial charge in [-0.15, -0.1) is 0 Å². The zero-order chi connectivity index (χ0) is 10.1. The van der Waals surface area contributed by atoms with E-state index in [0.29, 0.717) is 0 Å². The molecule has 0 aliphatic carbocycles. The molecule has 0 aromatic rings. The number of unbranched alkanes of at least 4 members (excludes halogenated alkanes) is 4. The van der Waals surface area contributed by atoms with Gasteiger partial charge in [0.1, 0.15) is 0 Å². The van der Waals surface area contributed by atoms with E-state index in [9.17, 15) is 0 Å². The quantitative estimate of drug-likeness (QED) is 0.396. The molecule has 0 radical (unpaired) electrons. The van der Waals surface area contributed by atoms with E-state index >= 15 is 0 Å². The van der Waals surface area contributed by atoms with Crippen molar-refractivity contribution in [2.45, 2.75) is 45.4 Å². The van der Waals surface area contributed by atoms with Gasteiger partial charge in [0.25, 0.3) is 0 Å². The molecule has 1 aliphatic rings. The van der Waals surface area contributed by atoms with Crippen molar-refractivity contribution in [3.63, 3.8) is 0 Å². The maximum absolute atomic E-state index is 5.50. The van der Waals surface area contributed by atoms with Crippen molar-refractivity contribution in [2.75, 3.05) is 32.8 Å². The highest BCUT2D eigenvalue weighted by atomic mass is 16.5. The van der Waals surface area contributed by atoms with Gasteiger partial charge in [-0.2, -0.15) is 0 Å². The van der Waals surface area contributed by atoms with Gasteiger partial charge in [0.2, 0.25) is 0 Å². The molecule has 2 heteroatoms. The van der Waals surface area contributed by atoms with Crippen molar-refractivity contribution in [2.24, 2.45) is 0 Å². The van der Waals surface area contributed by atoms with Crippen molar-refractivity contribution < 1.29 is 4.74 Å². The Bertz CT molecular complexity index is 123. The Hall–Kier alpha value is -0.0800. The minimum atomic E-state index is 0.963. The van der Waals surface area contributed by atoms with Crippen LogP contribution in [0.5, 0.6) is 0 Å². The van der Waals surface area contributed by atoms with Crippen LogP contribution >= 0.6 is 0 Å². The van der Waals surface area contributed by atoms with Gasteiger partial charge < -0.3 is 9.64 Å². The van der Waals surface area contributed by atoms with Gasteiger partial charge in [0.15, 0.2) is 0 Å². The second kappa shape index (κ2) is 8.25. The maximum atomic E-state index is 5.50. The highest BCUT2D eigenvalue weighted by Crippen LogP contribution is 2.07. The SMILES string of the molecule is CCCCOCCCCCCN1CC1. The second-order valence-electron chi connectivity index (χ2n) is 4.22. The Morgan fingerprint density at radius 3 is 2.36 bits per heavy atom. The van der Waals surface area contributed by atoms with Crippen LogP contribution < -0.4 is 0 Å². The van der Waals surface area contributed by atoms with Gasteiger partial charge in [0.05, 0.1) is 0 Å². The van der Waals surface area contributed by atoms with E-state index in [-0.39, 0.29) is 0 Å². The minimum absolute atomic E-state index is 0.963. The molecule has 0 bridgehead atoms. The Labute approximate surface area is 88.6 Å². The molecule has 1 aliphatic heterocycles. The molecule has 2 nitrogen and oxygen atoms in total. The molecule has 0 amide bonds. The summed E-state index contributed by atoms with van der Waals surface area (Å²) in [5, 5.41) is 0. The largest absolute Gasteiger partial charge is 0.381 e. The number of nitrogens with zero attached hydrogens (tertiary/aromatic N) is 1. The topological polar surface area (TPSA) is 12.2 Å². The summed E-state index contributed by atoms with van der Waals surface area (Å²) in [6.07, 6.45) is 7.83. The van der Waals surface area contributed by atoms with Gasteiger partial charge in [-0.3, -0.25) is 0 Å². The smallest absolute Gasteiger partial charge is 0.0466 e. The molecule has 0 N–H and O–H groups in total. The third kappa shape index (κ3) is 7.34. The summed E-state index contributed by atoms with van der Waals surface area (Å²) in [7, 11) is 0. The minimum Gasteiger partial charge on any atom is -0.381 e. The lowest BCUT2D eigenvalue weighted by Crippen LogP contribution is -2.00. The molecule has 1 saturated heterocycles. The fourth-order valence-corrected chi connectivity index (χ4v) is 1.54. The Kier molecular flexibility index (Phi) is 7.06. The van der Waals surface area contributed by atoms with Crippen molar-refractivity contribution in [1.82, 2.24) is 4.90 Å². The van der Waals surface area contributed by atoms with Crippen LogP contribution in [0.1, 0.15) is 45.4 Å². The summed E-state index contributed by atoms with van der Waals surface area (Å²) >= 11 is 0. The monoisotopic (exact) mass is 199 g/mol. The van der Waals surface area contributed by atoms with Crippen LogP contribution in [0.15, 0.2) is 0 Å². The summed E-state index contributed by atoms with van der Waals surface area (Å²) in [5.74, 6) is 0. The summed E-state index contributed by atoms with van der Waals surface area (Å²) in [6, 6.07) is 0. The molecule has 0 saturated carbocycles. The number of ether oxygens (including phenoxy) is 1. The molecular formula is C12H25NO. The maximum Gasteiger partial charge on any atom is 0.0466 e. The van der Waals surface area contributed by atoms with Gasteiger partial charge >= 0.3 is 0 Å². The lowest BCUT2D eigenvalue weighted by atomic mass is 10.2. The summed E-state index contributed by atoms with van der Waals surface area (Å²) in [5.41, 5.74) is 0. The molecule has 84 valence electrons.